The number of hydrogen-bond acceptors (Lipinski definition) is 3. The molecule has 0 saturated carbocycles. The van der Waals surface area contributed by atoms with Crippen molar-refractivity contribution in [2.75, 3.05) is 7.11 Å². The van der Waals surface area contributed by atoms with Crippen LogP contribution in [0.3, 0.4) is 0 Å². The quantitative estimate of drug-likeness (QED) is 0.624. The van der Waals surface area contributed by atoms with Crippen LogP contribution in [0.15, 0.2) is 36.4 Å². The summed E-state index contributed by atoms with van der Waals surface area (Å²) < 4.78 is 4.92. The number of carbonyl (C=O) groups is 1. The average Bonchev–Trinajstić information content (AvgIpc) is 2.24. The lowest BCUT2D eigenvalue weighted by Gasteiger charge is -2.02. The molecule has 0 spiro atoms. The molecular weight excluding hydrogens is 204 g/mol. The molecular formula is C13H14O3. The van der Waals surface area contributed by atoms with Gasteiger partial charge < -0.3 is 9.84 Å². The lowest BCUT2D eigenvalue weighted by atomic mass is 10.2. The van der Waals surface area contributed by atoms with E-state index in [-0.39, 0.29) is 11.5 Å². The maximum Gasteiger partial charge on any atom is 0.160 e. The smallest absolute Gasteiger partial charge is 0.160 e. The summed E-state index contributed by atoms with van der Waals surface area (Å²) in [5, 5.41) is 9.51. The zero-order chi connectivity index (χ0) is 12.0. The third kappa shape index (κ3) is 3.61. The first-order chi connectivity index (χ1) is 7.63. The lowest BCUT2D eigenvalue weighted by molar-refractivity contribution is -0.112. The Hall–Kier alpha value is -2.03. The number of ketones is 1. The van der Waals surface area contributed by atoms with Crippen molar-refractivity contribution in [1.29, 1.82) is 0 Å². The van der Waals surface area contributed by atoms with Crippen molar-refractivity contribution in [3.63, 3.8) is 0 Å². The summed E-state index contributed by atoms with van der Waals surface area (Å²) in [5.41, 5.74) is 0.839. The van der Waals surface area contributed by atoms with Gasteiger partial charge in [-0.1, -0.05) is 24.3 Å². The van der Waals surface area contributed by atoms with Crippen molar-refractivity contribution in [2.24, 2.45) is 0 Å². The second-order valence-corrected chi connectivity index (χ2v) is 3.26. The molecule has 0 atom stereocenters. The molecule has 1 aromatic carbocycles. The summed E-state index contributed by atoms with van der Waals surface area (Å²) >= 11 is 0. The van der Waals surface area contributed by atoms with Crippen molar-refractivity contribution < 1.29 is 14.6 Å². The van der Waals surface area contributed by atoms with Gasteiger partial charge >= 0.3 is 0 Å². The van der Waals surface area contributed by atoms with Crippen LogP contribution < -0.4 is 4.74 Å². The van der Waals surface area contributed by atoms with E-state index in [1.807, 2.05) is 6.07 Å². The molecule has 1 N–H and O–H groups in total. The minimum Gasteiger partial charge on any atom is -0.504 e. The summed E-state index contributed by atoms with van der Waals surface area (Å²) in [6.45, 7) is 1.49. The largest absolute Gasteiger partial charge is 0.504 e. The molecule has 3 heteroatoms. The highest BCUT2D eigenvalue weighted by atomic mass is 16.5. The zero-order valence-electron chi connectivity index (χ0n) is 9.31. The van der Waals surface area contributed by atoms with E-state index in [0.717, 1.165) is 5.56 Å². The highest BCUT2D eigenvalue weighted by molar-refractivity contribution is 5.87. The normalized spacial score (nSPS) is 11.1. The zero-order valence-corrected chi connectivity index (χ0v) is 9.31. The SMILES string of the molecule is COc1ccc(C=CC=CC(C)=O)cc1O. The molecule has 84 valence electrons. The van der Waals surface area contributed by atoms with E-state index < -0.39 is 0 Å². The fraction of sp³-hybridized carbons (Fsp3) is 0.154. The van der Waals surface area contributed by atoms with Crippen molar-refractivity contribution in [1.82, 2.24) is 0 Å². The monoisotopic (exact) mass is 218 g/mol. The van der Waals surface area contributed by atoms with E-state index in [9.17, 15) is 9.90 Å². The van der Waals surface area contributed by atoms with Crippen LogP contribution in [0, 0.1) is 0 Å². The predicted octanol–water partition coefficient (Wildman–Crippen LogP) is 2.56. The van der Waals surface area contributed by atoms with Crippen LogP contribution in [0.4, 0.5) is 0 Å². The van der Waals surface area contributed by atoms with E-state index in [4.69, 9.17) is 4.74 Å². The Labute approximate surface area is 94.7 Å². The molecule has 0 aliphatic carbocycles. The van der Waals surface area contributed by atoms with E-state index >= 15 is 0 Å². The molecule has 0 heterocycles. The minimum absolute atomic E-state index is 0.00206. The van der Waals surface area contributed by atoms with Gasteiger partial charge in [-0.2, -0.15) is 0 Å². The number of ether oxygens (including phenoxy) is 1. The fourth-order valence-corrected chi connectivity index (χ4v) is 1.17. The van der Waals surface area contributed by atoms with Gasteiger partial charge in [-0.25, -0.2) is 0 Å². The predicted molar refractivity (Wildman–Crippen MR) is 63.5 cm³/mol. The number of benzene rings is 1. The summed E-state index contributed by atoms with van der Waals surface area (Å²) in [6, 6.07) is 5.09. The van der Waals surface area contributed by atoms with Gasteiger partial charge in [-0.15, -0.1) is 0 Å². The molecule has 0 radical (unpaired) electrons. The van der Waals surface area contributed by atoms with Gasteiger partial charge in [-0.05, 0) is 30.7 Å². The minimum atomic E-state index is 0.00206. The van der Waals surface area contributed by atoms with Crippen molar-refractivity contribution >= 4 is 11.9 Å². The maximum absolute atomic E-state index is 10.6. The van der Waals surface area contributed by atoms with E-state index in [1.54, 1.807) is 30.4 Å². The number of phenols is 1. The van der Waals surface area contributed by atoms with Crippen LogP contribution in [0.1, 0.15) is 12.5 Å². The summed E-state index contributed by atoms with van der Waals surface area (Å²) in [5.74, 6) is 0.541. The molecule has 16 heavy (non-hydrogen) atoms. The first-order valence-corrected chi connectivity index (χ1v) is 4.86. The number of hydrogen-bond donors (Lipinski definition) is 1. The second kappa shape index (κ2) is 5.75. The van der Waals surface area contributed by atoms with Crippen LogP contribution in [-0.2, 0) is 4.79 Å². The van der Waals surface area contributed by atoms with E-state index in [2.05, 4.69) is 0 Å². The standard InChI is InChI=1S/C13H14O3/c1-10(14)5-3-4-6-11-7-8-13(16-2)12(15)9-11/h3-9,15H,1-2H3. The molecule has 0 unspecified atom stereocenters. The van der Waals surface area contributed by atoms with E-state index in [1.165, 1.54) is 20.1 Å². The van der Waals surface area contributed by atoms with Crippen molar-refractivity contribution in [3.05, 3.63) is 42.0 Å². The van der Waals surface area contributed by atoms with Crippen LogP contribution >= 0.6 is 0 Å². The van der Waals surface area contributed by atoms with Crippen LogP contribution in [0.25, 0.3) is 6.08 Å². The first kappa shape index (κ1) is 12.0. The van der Waals surface area contributed by atoms with Gasteiger partial charge in [0.25, 0.3) is 0 Å². The van der Waals surface area contributed by atoms with Gasteiger partial charge in [0.2, 0.25) is 0 Å². The Morgan fingerprint density at radius 3 is 2.69 bits per heavy atom. The lowest BCUT2D eigenvalue weighted by Crippen LogP contribution is -1.83. The van der Waals surface area contributed by atoms with Gasteiger partial charge in [0.05, 0.1) is 7.11 Å². The van der Waals surface area contributed by atoms with Gasteiger partial charge in [0.15, 0.2) is 17.3 Å². The first-order valence-electron chi connectivity index (χ1n) is 4.86. The summed E-state index contributed by atoms with van der Waals surface area (Å²) in [7, 11) is 1.50. The molecule has 3 nitrogen and oxygen atoms in total. The molecule has 0 aromatic heterocycles. The Bertz CT molecular complexity index is 431. The van der Waals surface area contributed by atoms with Gasteiger partial charge in [-0.3, -0.25) is 4.79 Å². The maximum atomic E-state index is 10.6. The number of phenolic OH excluding ortho intramolecular Hbond substituents is 1. The second-order valence-electron chi connectivity index (χ2n) is 3.26. The highest BCUT2D eigenvalue weighted by Crippen LogP contribution is 2.26. The van der Waals surface area contributed by atoms with Crippen LogP contribution in [0.2, 0.25) is 0 Å². The molecule has 1 rings (SSSR count). The average molecular weight is 218 g/mol. The molecule has 0 saturated heterocycles. The van der Waals surface area contributed by atoms with Crippen LogP contribution in [0.5, 0.6) is 11.5 Å². The number of rotatable bonds is 4. The molecule has 0 aliphatic rings. The molecule has 0 bridgehead atoms. The van der Waals surface area contributed by atoms with Crippen molar-refractivity contribution in [3.8, 4) is 11.5 Å². The molecule has 0 amide bonds. The van der Waals surface area contributed by atoms with Gasteiger partial charge in [0, 0.05) is 0 Å². The topological polar surface area (TPSA) is 46.5 Å². The molecule has 0 fully saturated rings. The summed E-state index contributed by atoms with van der Waals surface area (Å²) in [6.07, 6.45) is 6.66. The Balaban J connectivity index is 2.75. The van der Waals surface area contributed by atoms with E-state index in [0.29, 0.717) is 5.75 Å². The van der Waals surface area contributed by atoms with Gasteiger partial charge in [0.1, 0.15) is 0 Å². The number of methoxy groups -OCH3 is 1. The Morgan fingerprint density at radius 2 is 2.12 bits per heavy atom. The summed E-state index contributed by atoms with van der Waals surface area (Å²) in [4.78, 5) is 10.6. The highest BCUT2D eigenvalue weighted by Gasteiger charge is 1.99. The van der Waals surface area contributed by atoms with Crippen LogP contribution in [-0.4, -0.2) is 18.0 Å². The number of carbonyl (C=O) groups excluding carboxylic acids is 1. The fourth-order valence-electron chi connectivity index (χ4n) is 1.17. The number of allylic oxidation sites excluding steroid dienone is 3. The Morgan fingerprint density at radius 1 is 1.38 bits per heavy atom. The third-order valence-electron chi connectivity index (χ3n) is 1.93. The number of aromatic hydroxyl groups is 1. The third-order valence-corrected chi connectivity index (χ3v) is 1.93. The van der Waals surface area contributed by atoms with Crippen molar-refractivity contribution in [2.45, 2.75) is 6.92 Å². The molecule has 0 aliphatic heterocycles. The Kier molecular flexibility index (Phi) is 4.33. The molecule has 1 aromatic rings.